The zero-order valence-corrected chi connectivity index (χ0v) is 16.4. The van der Waals surface area contributed by atoms with Crippen LogP contribution in [0.3, 0.4) is 0 Å². The summed E-state index contributed by atoms with van der Waals surface area (Å²) in [4.78, 5) is 15.3. The number of carbonyl (C=O) groups excluding carboxylic acids is 1. The van der Waals surface area contributed by atoms with Crippen LogP contribution in [0.25, 0.3) is 0 Å². The molecule has 0 unspecified atom stereocenters. The van der Waals surface area contributed by atoms with Crippen LogP contribution in [-0.2, 0) is 4.79 Å². The largest absolute Gasteiger partial charge is 0.337 e. The molecule has 0 aliphatic carbocycles. The fourth-order valence-electron chi connectivity index (χ4n) is 4.80. The van der Waals surface area contributed by atoms with E-state index in [1.165, 1.54) is 12.5 Å². The van der Waals surface area contributed by atoms with E-state index < -0.39 is 0 Å². The molecule has 1 aromatic carbocycles. The molecule has 4 atom stereocenters. The maximum atomic E-state index is 13.9. The van der Waals surface area contributed by atoms with Gasteiger partial charge in [-0.1, -0.05) is 25.0 Å². The van der Waals surface area contributed by atoms with Crippen LogP contribution < -0.4 is 5.32 Å². The summed E-state index contributed by atoms with van der Waals surface area (Å²) in [7, 11) is 0. The Morgan fingerprint density at radius 1 is 1.32 bits per heavy atom. The molecule has 3 heterocycles. The molecule has 2 aliphatic heterocycles. The summed E-state index contributed by atoms with van der Waals surface area (Å²) in [6, 6.07) is 9.13. The summed E-state index contributed by atoms with van der Waals surface area (Å²) in [5, 5.41) is 7.95. The third-order valence-corrected chi connectivity index (χ3v) is 6.24. The molecule has 0 spiro atoms. The van der Waals surface area contributed by atoms with Gasteiger partial charge in [0.25, 0.3) is 0 Å². The molecule has 2 aliphatic rings. The average Bonchev–Trinajstić information content (AvgIpc) is 3.30. The molecular weight excluding hydrogens is 355 g/mol. The number of aromatic nitrogens is 2. The van der Waals surface area contributed by atoms with E-state index in [0.717, 1.165) is 31.4 Å². The van der Waals surface area contributed by atoms with E-state index in [1.54, 1.807) is 18.3 Å². The Kier molecular flexibility index (Phi) is 5.76. The topological polar surface area (TPSA) is 50.2 Å². The van der Waals surface area contributed by atoms with Gasteiger partial charge in [-0.15, -0.1) is 0 Å². The molecule has 2 saturated heterocycles. The zero-order valence-electron chi connectivity index (χ0n) is 16.4. The summed E-state index contributed by atoms with van der Waals surface area (Å²) in [6.45, 7) is 3.63. The zero-order chi connectivity index (χ0) is 19.5. The predicted molar refractivity (Wildman–Crippen MR) is 106 cm³/mol. The number of likely N-dealkylation sites (tertiary alicyclic amines) is 1. The first-order chi connectivity index (χ1) is 13.6. The number of halogens is 1. The van der Waals surface area contributed by atoms with Gasteiger partial charge < -0.3 is 10.2 Å². The highest BCUT2D eigenvalue weighted by molar-refractivity contribution is 5.77. The van der Waals surface area contributed by atoms with E-state index in [2.05, 4.69) is 15.3 Å². The van der Waals surface area contributed by atoms with Crippen molar-refractivity contribution in [3.05, 3.63) is 54.1 Å². The second-order valence-corrected chi connectivity index (χ2v) is 8.14. The number of fused-ring (bicyclic) bond motifs is 1. The second kappa shape index (κ2) is 8.43. The molecule has 6 heteroatoms. The van der Waals surface area contributed by atoms with Gasteiger partial charge in [0.15, 0.2) is 0 Å². The molecule has 0 bridgehead atoms. The van der Waals surface area contributed by atoms with Gasteiger partial charge in [0, 0.05) is 43.4 Å². The normalized spacial score (nSPS) is 26.4. The van der Waals surface area contributed by atoms with Crippen LogP contribution in [0.1, 0.15) is 56.6 Å². The van der Waals surface area contributed by atoms with Gasteiger partial charge in [0.1, 0.15) is 5.82 Å². The van der Waals surface area contributed by atoms with Crippen LogP contribution in [0.15, 0.2) is 42.7 Å². The van der Waals surface area contributed by atoms with E-state index in [0.29, 0.717) is 13.0 Å². The van der Waals surface area contributed by atoms with E-state index >= 15 is 0 Å². The minimum absolute atomic E-state index is 0.0238. The minimum atomic E-state index is -0.211. The minimum Gasteiger partial charge on any atom is -0.337 e. The predicted octanol–water partition coefficient (Wildman–Crippen LogP) is 3.50. The number of benzene rings is 1. The van der Waals surface area contributed by atoms with E-state index in [1.807, 2.05) is 29.9 Å². The van der Waals surface area contributed by atoms with Crippen LogP contribution in [-0.4, -0.2) is 45.8 Å². The number of nitrogens with one attached hydrogen (secondary N) is 1. The molecule has 0 radical (unpaired) electrons. The molecule has 5 nitrogen and oxygen atoms in total. The van der Waals surface area contributed by atoms with Crippen molar-refractivity contribution in [1.82, 2.24) is 20.0 Å². The van der Waals surface area contributed by atoms with Crippen molar-refractivity contribution in [1.29, 1.82) is 0 Å². The highest BCUT2D eigenvalue weighted by Crippen LogP contribution is 2.36. The van der Waals surface area contributed by atoms with Gasteiger partial charge in [-0.25, -0.2) is 4.39 Å². The van der Waals surface area contributed by atoms with E-state index in [9.17, 15) is 9.18 Å². The SMILES string of the molecule is C[C@H](CC(=O)N1C[C@@H](c2cccc(F)c2)[C@@H]2NCCCCC[C@H]21)n1cccn1. The van der Waals surface area contributed by atoms with Crippen molar-refractivity contribution >= 4 is 5.91 Å². The van der Waals surface area contributed by atoms with Crippen LogP contribution in [0.4, 0.5) is 4.39 Å². The molecule has 1 aromatic heterocycles. The molecule has 1 N–H and O–H groups in total. The van der Waals surface area contributed by atoms with Gasteiger partial charge in [-0.2, -0.15) is 5.10 Å². The number of hydrogen-bond acceptors (Lipinski definition) is 3. The van der Waals surface area contributed by atoms with Gasteiger partial charge in [0.05, 0.1) is 6.04 Å². The number of carbonyl (C=O) groups is 1. The third kappa shape index (κ3) is 3.97. The Balaban J connectivity index is 1.56. The summed E-state index contributed by atoms with van der Waals surface area (Å²) in [5.41, 5.74) is 0.985. The summed E-state index contributed by atoms with van der Waals surface area (Å²) >= 11 is 0. The Labute approximate surface area is 165 Å². The third-order valence-electron chi connectivity index (χ3n) is 6.24. The Hall–Kier alpha value is -2.21. The monoisotopic (exact) mass is 384 g/mol. The smallest absolute Gasteiger partial charge is 0.225 e. The van der Waals surface area contributed by atoms with Gasteiger partial charge in [-0.05, 0) is 50.1 Å². The molecule has 28 heavy (non-hydrogen) atoms. The lowest BCUT2D eigenvalue weighted by Crippen LogP contribution is -2.47. The van der Waals surface area contributed by atoms with Crippen molar-refractivity contribution in [3.8, 4) is 0 Å². The summed E-state index contributed by atoms with van der Waals surface area (Å²) in [5.74, 6) is 0.0824. The van der Waals surface area contributed by atoms with Crippen molar-refractivity contribution in [2.24, 2.45) is 0 Å². The highest BCUT2D eigenvalue weighted by Gasteiger charge is 2.44. The Morgan fingerprint density at radius 2 is 2.21 bits per heavy atom. The van der Waals surface area contributed by atoms with Crippen LogP contribution in [0.2, 0.25) is 0 Å². The van der Waals surface area contributed by atoms with E-state index in [4.69, 9.17) is 0 Å². The molecule has 150 valence electrons. The van der Waals surface area contributed by atoms with Crippen molar-refractivity contribution in [2.45, 2.75) is 63.1 Å². The molecular formula is C22H29FN4O. The Morgan fingerprint density at radius 3 is 3.00 bits per heavy atom. The lowest BCUT2D eigenvalue weighted by atomic mass is 9.88. The highest BCUT2D eigenvalue weighted by atomic mass is 19.1. The van der Waals surface area contributed by atoms with Crippen molar-refractivity contribution in [3.63, 3.8) is 0 Å². The van der Waals surface area contributed by atoms with Gasteiger partial charge in [-0.3, -0.25) is 9.48 Å². The summed E-state index contributed by atoms with van der Waals surface area (Å²) < 4.78 is 15.7. The first kappa shape index (κ1) is 19.1. The van der Waals surface area contributed by atoms with Gasteiger partial charge >= 0.3 is 0 Å². The standard InChI is InChI=1S/C22H29FN4O/c1-16(27-12-6-11-25-27)13-21(28)26-15-19(17-7-5-8-18(23)14-17)22-20(26)9-3-2-4-10-24-22/h5-8,11-12,14,16,19-20,22,24H,2-4,9-10,13,15H2,1H3/t16-,19+,20-,22+/m1/s1. The molecule has 2 fully saturated rings. The lowest BCUT2D eigenvalue weighted by molar-refractivity contribution is -0.133. The van der Waals surface area contributed by atoms with Gasteiger partial charge in [0.2, 0.25) is 5.91 Å². The van der Waals surface area contributed by atoms with Crippen molar-refractivity contribution < 1.29 is 9.18 Å². The van der Waals surface area contributed by atoms with Crippen LogP contribution >= 0.6 is 0 Å². The molecule has 2 aromatic rings. The molecule has 0 saturated carbocycles. The van der Waals surface area contributed by atoms with Crippen LogP contribution in [0, 0.1) is 5.82 Å². The Bertz CT molecular complexity index is 794. The first-order valence-electron chi connectivity index (χ1n) is 10.4. The quantitative estimate of drug-likeness (QED) is 0.878. The maximum Gasteiger partial charge on any atom is 0.225 e. The number of amides is 1. The van der Waals surface area contributed by atoms with E-state index in [-0.39, 0.29) is 35.8 Å². The number of nitrogens with zero attached hydrogens (tertiary/aromatic N) is 3. The lowest BCUT2D eigenvalue weighted by Gasteiger charge is -2.32. The first-order valence-corrected chi connectivity index (χ1v) is 10.4. The average molecular weight is 384 g/mol. The molecule has 4 rings (SSSR count). The summed E-state index contributed by atoms with van der Waals surface area (Å²) in [6.07, 6.45) is 8.56. The number of rotatable bonds is 4. The second-order valence-electron chi connectivity index (χ2n) is 8.14. The van der Waals surface area contributed by atoms with Crippen molar-refractivity contribution in [2.75, 3.05) is 13.1 Å². The fraction of sp³-hybridized carbons (Fsp3) is 0.545. The maximum absolute atomic E-state index is 13.9. The van der Waals surface area contributed by atoms with Crippen LogP contribution in [0.5, 0.6) is 0 Å². The molecule has 1 amide bonds. The fourth-order valence-corrected chi connectivity index (χ4v) is 4.80. The number of hydrogen-bond donors (Lipinski definition) is 1.